The number of imidazole rings is 2. The minimum atomic E-state index is 0.349. The largest absolute Gasteiger partial charge is 0.382 e. The van der Waals surface area contributed by atoms with Crippen molar-refractivity contribution in [1.29, 1.82) is 0 Å². The van der Waals surface area contributed by atoms with Crippen molar-refractivity contribution in [1.82, 2.24) is 29.5 Å². The third-order valence-corrected chi connectivity index (χ3v) is 5.17. The maximum absolute atomic E-state index is 6.16. The molecule has 8 heteroatoms. The van der Waals surface area contributed by atoms with Crippen LogP contribution in [0.2, 0.25) is 0 Å². The van der Waals surface area contributed by atoms with Crippen LogP contribution in [-0.4, -0.2) is 29.5 Å². The topological polar surface area (TPSA) is 98.3 Å². The van der Waals surface area contributed by atoms with E-state index >= 15 is 0 Å². The molecule has 5 rings (SSSR count). The lowest BCUT2D eigenvalue weighted by Gasteiger charge is -2.06. The fourth-order valence-corrected chi connectivity index (χ4v) is 3.52. The molecule has 0 bridgehead atoms. The van der Waals surface area contributed by atoms with Gasteiger partial charge in [0.1, 0.15) is 0 Å². The van der Waals surface area contributed by atoms with E-state index in [9.17, 15) is 0 Å². The van der Waals surface area contributed by atoms with Crippen LogP contribution in [0.4, 0.5) is 5.82 Å². The highest BCUT2D eigenvalue weighted by atomic mass is 79.9. The predicted molar refractivity (Wildman–Crippen MR) is 103 cm³/mol. The van der Waals surface area contributed by atoms with Gasteiger partial charge in [0.05, 0.1) is 12.2 Å². The van der Waals surface area contributed by atoms with Crippen molar-refractivity contribution in [3.8, 4) is 11.6 Å². The van der Waals surface area contributed by atoms with Crippen molar-refractivity contribution in [2.24, 2.45) is 0 Å². The Labute approximate surface area is 157 Å². The Balaban J connectivity index is 1.61. The average Bonchev–Trinajstić information content (AvgIpc) is 3.30. The van der Waals surface area contributed by atoms with E-state index in [1.165, 1.54) is 12.8 Å². The second-order valence-electron chi connectivity index (χ2n) is 6.51. The molecular weight excluding hydrogens is 394 g/mol. The number of rotatable bonds is 4. The maximum Gasteiger partial charge on any atom is 0.199 e. The number of hydrogen-bond donors (Lipinski definition) is 2. The van der Waals surface area contributed by atoms with Crippen LogP contribution in [0.1, 0.15) is 30.0 Å². The van der Waals surface area contributed by atoms with Crippen LogP contribution in [0.5, 0.6) is 0 Å². The molecule has 26 heavy (non-hydrogen) atoms. The minimum absolute atomic E-state index is 0.349. The molecule has 1 saturated carbocycles. The highest BCUT2D eigenvalue weighted by Gasteiger charge is 2.27. The summed E-state index contributed by atoms with van der Waals surface area (Å²) in [5.74, 6) is 2.05. The summed E-state index contributed by atoms with van der Waals surface area (Å²) in [6, 6.07) is 10.2. The van der Waals surface area contributed by atoms with Gasteiger partial charge in [0.15, 0.2) is 33.4 Å². The summed E-state index contributed by atoms with van der Waals surface area (Å²) >= 11 is 3.52. The molecule has 1 fully saturated rings. The fraction of sp³-hybridized carbons (Fsp3) is 0.222. The number of nitrogens with two attached hydrogens (primary N) is 1. The third-order valence-electron chi connectivity index (χ3n) is 4.56. The fourth-order valence-electron chi connectivity index (χ4n) is 3.05. The first-order valence-electron chi connectivity index (χ1n) is 8.48. The van der Waals surface area contributed by atoms with Crippen LogP contribution in [0.3, 0.4) is 0 Å². The van der Waals surface area contributed by atoms with Gasteiger partial charge in [-0.05, 0) is 34.3 Å². The lowest BCUT2D eigenvalue weighted by atomic mass is 10.2. The molecule has 7 nitrogen and oxygen atoms in total. The SMILES string of the molecule is Nc1nc(-c2nc(C3CC3)c[nH]2)nc2c1nc(Br)n2Cc1ccccc1. The van der Waals surface area contributed by atoms with E-state index in [4.69, 9.17) is 10.7 Å². The highest BCUT2D eigenvalue weighted by Crippen LogP contribution is 2.39. The second-order valence-corrected chi connectivity index (χ2v) is 7.21. The minimum Gasteiger partial charge on any atom is -0.382 e. The van der Waals surface area contributed by atoms with Crippen molar-refractivity contribution >= 4 is 32.9 Å². The van der Waals surface area contributed by atoms with Gasteiger partial charge in [-0.2, -0.15) is 0 Å². The summed E-state index contributed by atoms with van der Waals surface area (Å²) in [5, 5.41) is 0. The Kier molecular flexibility index (Phi) is 3.53. The molecule has 0 unspecified atom stereocenters. The van der Waals surface area contributed by atoms with Gasteiger partial charge in [-0.15, -0.1) is 0 Å². The molecular formula is C18H16BrN7. The molecule has 1 aliphatic carbocycles. The highest BCUT2D eigenvalue weighted by molar-refractivity contribution is 9.10. The smallest absolute Gasteiger partial charge is 0.199 e. The standard InChI is InChI=1S/C18H16BrN7/c19-18-23-13-14(20)24-16(15-21-8-12(22-15)11-6-7-11)25-17(13)26(18)9-10-4-2-1-3-5-10/h1-5,8,11H,6-7,9H2,(H,21,22)(H2,20,24,25). The van der Waals surface area contributed by atoms with Gasteiger partial charge in [-0.3, -0.25) is 4.57 Å². The molecule has 0 amide bonds. The number of nitrogens with one attached hydrogen (secondary N) is 1. The molecule has 130 valence electrons. The number of fused-ring (bicyclic) bond motifs is 1. The number of nitrogen functional groups attached to an aromatic ring is 1. The zero-order chi connectivity index (χ0) is 17.7. The molecule has 0 atom stereocenters. The molecule has 1 aliphatic rings. The summed E-state index contributed by atoms with van der Waals surface area (Å²) in [6.45, 7) is 0.638. The summed E-state index contributed by atoms with van der Waals surface area (Å²) in [6.07, 6.45) is 4.33. The molecule has 3 heterocycles. The summed E-state index contributed by atoms with van der Waals surface area (Å²) in [5.41, 5.74) is 9.66. The van der Waals surface area contributed by atoms with Crippen LogP contribution in [-0.2, 0) is 6.54 Å². The first kappa shape index (κ1) is 15.5. The van der Waals surface area contributed by atoms with E-state index < -0.39 is 0 Å². The molecule has 0 saturated heterocycles. The van der Waals surface area contributed by atoms with Gasteiger partial charge >= 0.3 is 0 Å². The molecule has 4 aromatic rings. The normalized spacial score (nSPS) is 14.2. The summed E-state index contributed by atoms with van der Waals surface area (Å²) < 4.78 is 2.66. The van der Waals surface area contributed by atoms with E-state index in [-0.39, 0.29) is 0 Å². The van der Waals surface area contributed by atoms with Crippen molar-refractivity contribution < 1.29 is 0 Å². The number of benzene rings is 1. The molecule has 1 aromatic carbocycles. The van der Waals surface area contributed by atoms with E-state index in [1.54, 1.807) is 0 Å². The van der Waals surface area contributed by atoms with Crippen LogP contribution in [0, 0.1) is 0 Å². The number of H-pyrrole nitrogens is 1. The van der Waals surface area contributed by atoms with Crippen molar-refractivity contribution in [2.45, 2.75) is 25.3 Å². The first-order valence-corrected chi connectivity index (χ1v) is 9.27. The predicted octanol–water partition coefficient (Wildman–Crippen LogP) is 3.49. The number of aromatic amines is 1. The number of anilines is 1. The van der Waals surface area contributed by atoms with Crippen LogP contribution in [0.25, 0.3) is 22.8 Å². The lowest BCUT2D eigenvalue weighted by molar-refractivity contribution is 0.790. The molecule has 0 spiro atoms. The number of halogens is 1. The van der Waals surface area contributed by atoms with E-state index in [1.807, 2.05) is 29.0 Å². The van der Waals surface area contributed by atoms with Crippen LogP contribution < -0.4 is 5.73 Å². The number of aromatic nitrogens is 6. The molecule has 3 aromatic heterocycles. The summed E-state index contributed by atoms with van der Waals surface area (Å²) in [4.78, 5) is 21.4. The van der Waals surface area contributed by atoms with Gasteiger partial charge < -0.3 is 10.7 Å². The lowest BCUT2D eigenvalue weighted by Crippen LogP contribution is -2.04. The molecule has 0 radical (unpaired) electrons. The van der Waals surface area contributed by atoms with E-state index in [0.717, 1.165) is 11.3 Å². The Hall–Kier alpha value is -2.74. The number of hydrogen-bond acceptors (Lipinski definition) is 5. The zero-order valence-electron chi connectivity index (χ0n) is 13.9. The van der Waals surface area contributed by atoms with Gasteiger partial charge in [0.25, 0.3) is 0 Å². The quantitative estimate of drug-likeness (QED) is 0.502. The van der Waals surface area contributed by atoms with Gasteiger partial charge in [0, 0.05) is 12.1 Å². The van der Waals surface area contributed by atoms with Gasteiger partial charge in [-0.25, -0.2) is 19.9 Å². The second kappa shape index (κ2) is 5.91. The monoisotopic (exact) mass is 409 g/mol. The third kappa shape index (κ3) is 2.66. The first-order chi connectivity index (χ1) is 12.7. The molecule has 0 aliphatic heterocycles. The Bertz CT molecular complexity index is 1100. The summed E-state index contributed by atoms with van der Waals surface area (Å²) in [7, 11) is 0. The number of nitrogens with zero attached hydrogens (tertiary/aromatic N) is 5. The Morgan fingerprint density at radius 1 is 1.12 bits per heavy atom. The zero-order valence-corrected chi connectivity index (χ0v) is 15.4. The van der Waals surface area contributed by atoms with Crippen LogP contribution in [0.15, 0.2) is 41.3 Å². The van der Waals surface area contributed by atoms with Gasteiger partial charge in [0.2, 0.25) is 0 Å². The average molecular weight is 410 g/mol. The van der Waals surface area contributed by atoms with Crippen molar-refractivity contribution in [3.63, 3.8) is 0 Å². The van der Waals surface area contributed by atoms with E-state index in [0.29, 0.717) is 45.8 Å². The Morgan fingerprint density at radius 2 is 1.92 bits per heavy atom. The molecule has 3 N–H and O–H groups in total. The van der Waals surface area contributed by atoms with Gasteiger partial charge in [-0.1, -0.05) is 30.3 Å². The van der Waals surface area contributed by atoms with Crippen molar-refractivity contribution in [2.75, 3.05) is 5.73 Å². The van der Waals surface area contributed by atoms with Crippen molar-refractivity contribution in [3.05, 3.63) is 52.5 Å². The Morgan fingerprint density at radius 3 is 2.69 bits per heavy atom. The van der Waals surface area contributed by atoms with Crippen LogP contribution >= 0.6 is 15.9 Å². The maximum atomic E-state index is 6.16. The van der Waals surface area contributed by atoms with E-state index in [2.05, 4.69) is 48.0 Å².